The lowest BCUT2D eigenvalue weighted by molar-refractivity contribution is 0.328. The van der Waals surface area contributed by atoms with Gasteiger partial charge in [0.15, 0.2) is 0 Å². The second-order valence-corrected chi connectivity index (χ2v) is 6.40. The summed E-state index contributed by atoms with van der Waals surface area (Å²) in [7, 11) is 0. The van der Waals surface area contributed by atoms with Crippen LogP contribution in [0.15, 0.2) is 48.5 Å². The van der Waals surface area contributed by atoms with E-state index >= 15 is 0 Å². The van der Waals surface area contributed by atoms with Crippen LogP contribution in [0.25, 0.3) is 11.1 Å². The van der Waals surface area contributed by atoms with Crippen molar-refractivity contribution in [2.24, 2.45) is 5.92 Å². The Balaban J connectivity index is 1.79. The molecule has 0 saturated heterocycles. The standard InChI is InChI=1S/C20H25NO/c1-15(16-9-4-2-5-10-16)21-19-14-8-13-18(20(19)22)17-11-6-3-7-12-17/h3,6-8,11-16,21-22H,2,4-5,9-10H2,1H3. The Labute approximate surface area is 133 Å². The Morgan fingerprint density at radius 2 is 1.68 bits per heavy atom. The van der Waals surface area contributed by atoms with Gasteiger partial charge in [-0.2, -0.15) is 0 Å². The van der Waals surface area contributed by atoms with E-state index in [0.717, 1.165) is 16.8 Å². The molecule has 3 rings (SSSR count). The van der Waals surface area contributed by atoms with Gasteiger partial charge >= 0.3 is 0 Å². The third kappa shape index (κ3) is 3.27. The number of phenols is 1. The molecule has 22 heavy (non-hydrogen) atoms. The number of nitrogens with one attached hydrogen (secondary N) is 1. The highest BCUT2D eigenvalue weighted by molar-refractivity contribution is 5.77. The number of hydrogen-bond acceptors (Lipinski definition) is 2. The first-order valence-electron chi connectivity index (χ1n) is 8.39. The van der Waals surface area contributed by atoms with Crippen molar-refractivity contribution >= 4 is 5.69 Å². The maximum absolute atomic E-state index is 10.6. The molecule has 2 N–H and O–H groups in total. The molecule has 1 aliphatic carbocycles. The van der Waals surface area contributed by atoms with Gasteiger partial charge in [0, 0.05) is 11.6 Å². The topological polar surface area (TPSA) is 32.3 Å². The second kappa shape index (κ2) is 6.87. The van der Waals surface area contributed by atoms with E-state index < -0.39 is 0 Å². The second-order valence-electron chi connectivity index (χ2n) is 6.40. The molecule has 116 valence electrons. The fourth-order valence-electron chi connectivity index (χ4n) is 3.51. The molecule has 1 saturated carbocycles. The maximum Gasteiger partial charge on any atom is 0.146 e. The Morgan fingerprint density at radius 1 is 0.955 bits per heavy atom. The summed E-state index contributed by atoms with van der Waals surface area (Å²) in [5.74, 6) is 1.07. The summed E-state index contributed by atoms with van der Waals surface area (Å²) in [5.41, 5.74) is 2.79. The van der Waals surface area contributed by atoms with Gasteiger partial charge in [-0.05, 0) is 37.3 Å². The lowest BCUT2D eigenvalue weighted by atomic mass is 9.84. The van der Waals surface area contributed by atoms with Crippen molar-refractivity contribution in [2.45, 2.75) is 45.1 Å². The van der Waals surface area contributed by atoms with E-state index in [-0.39, 0.29) is 0 Å². The highest BCUT2D eigenvalue weighted by Crippen LogP contribution is 2.37. The van der Waals surface area contributed by atoms with Crippen LogP contribution in [-0.2, 0) is 0 Å². The molecule has 2 heteroatoms. The van der Waals surface area contributed by atoms with Crippen LogP contribution in [-0.4, -0.2) is 11.1 Å². The number of hydrogen-bond donors (Lipinski definition) is 2. The molecule has 0 amide bonds. The highest BCUT2D eigenvalue weighted by atomic mass is 16.3. The zero-order valence-electron chi connectivity index (χ0n) is 13.3. The summed E-state index contributed by atoms with van der Waals surface area (Å²) in [5, 5.41) is 14.2. The van der Waals surface area contributed by atoms with Crippen molar-refractivity contribution in [3.8, 4) is 16.9 Å². The van der Waals surface area contributed by atoms with Crippen LogP contribution in [0.3, 0.4) is 0 Å². The summed E-state index contributed by atoms with van der Waals surface area (Å²) >= 11 is 0. The molecule has 1 fully saturated rings. The third-order valence-electron chi connectivity index (χ3n) is 4.86. The zero-order valence-corrected chi connectivity index (χ0v) is 13.3. The number of benzene rings is 2. The van der Waals surface area contributed by atoms with Gasteiger partial charge < -0.3 is 10.4 Å². The number of aromatic hydroxyl groups is 1. The minimum Gasteiger partial charge on any atom is -0.505 e. The summed E-state index contributed by atoms with van der Waals surface area (Å²) in [6, 6.07) is 16.4. The van der Waals surface area contributed by atoms with Crippen molar-refractivity contribution in [3.05, 3.63) is 48.5 Å². The van der Waals surface area contributed by atoms with E-state index in [4.69, 9.17) is 0 Å². The first kappa shape index (κ1) is 15.0. The Hall–Kier alpha value is -1.96. The molecule has 1 aliphatic rings. The van der Waals surface area contributed by atoms with Crippen molar-refractivity contribution in [1.82, 2.24) is 0 Å². The summed E-state index contributed by atoms with van der Waals surface area (Å²) in [6.07, 6.45) is 6.65. The largest absolute Gasteiger partial charge is 0.505 e. The first-order valence-corrected chi connectivity index (χ1v) is 8.39. The lowest BCUT2D eigenvalue weighted by Crippen LogP contribution is -2.27. The lowest BCUT2D eigenvalue weighted by Gasteiger charge is -2.29. The average Bonchev–Trinajstić information content (AvgIpc) is 2.58. The summed E-state index contributed by atoms with van der Waals surface area (Å²) in [4.78, 5) is 0. The molecule has 0 heterocycles. The Bertz CT molecular complexity index is 602. The van der Waals surface area contributed by atoms with Gasteiger partial charge in [0.05, 0.1) is 5.69 Å². The van der Waals surface area contributed by atoms with Gasteiger partial charge in [-0.1, -0.05) is 61.7 Å². The molecular weight excluding hydrogens is 270 g/mol. The quantitative estimate of drug-likeness (QED) is 0.736. The molecule has 1 atom stereocenters. The van der Waals surface area contributed by atoms with Crippen LogP contribution in [0, 0.1) is 5.92 Å². The molecule has 2 nitrogen and oxygen atoms in total. The molecule has 2 aromatic carbocycles. The van der Waals surface area contributed by atoms with Crippen LogP contribution < -0.4 is 5.32 Å². The summed E-state index contributed by atoms with van der Waals surface area (Å²) < 4.78 is 0. The summed E-state index contributed by atoms with van der Waals surface area (Å²) in [6.45, 7) is 2.24. The molecule has 0 aliphatic heterocycles. The van der Waals surface area contributed by atoms with Gasteiger partial charge in [-0.3, -0.25) is 0 Å². The van der Waals surface area contributed by atoms with E-state index in [0.29, 0.717) is 17.7 Å². The van der Waals surface area contributed by atoms with Crippen LogP contribution >= 0.6 is 0 Å². The van der Waals surface area contributed by atoms with E-state index in [1.54, 1.807) is 0 Å². The molecule has 0 spiro atoms. The minimum atomic E-state index is 0.358. The van der Waals surface area contributed by atoms with E-state index in [1.807, 2.05) is 48.5 Å². The van der Waals surface area contributed by atoms with Crippen molar-refractivity contribution in [3.63, 3.8) is 0 Å². The number of para-hydroxylation sites is 1. The molecular formula is C20H25NO. The molecule has 0 radical (unpaired) electrons. The Kier molecular flexibility index (Phi) is 4.67. The smallest absolute Gasteiger partial charge is 0.146 e. The average molecular weight is 295 g/mol. The van der Waals surface area contributed by atoms with Gasteiger partial charge in [-0.15, -0.1) is 0 Å². The molecule has 2 aromatic rings. The maximum atomic E-state index is 10.6. The van der Waals surface area contributed by atoms with E-state index in [1.165, 1.54) is 32.1 Å². The zero-order chi connectivity index (χ0) is 15.4. The van der Waals surface area contributed by atoms with E-state index in [9.17, 15) is 5.11 Å². The third-order valence-corrected chi connectivity index (χ3v) is 4.86. The van der Waals surface area contributed by atoms with Crippen LogP contribution in [0.4, 0.5) is 5.69 Å². The van der Waals surface area contributed by atoms with Crippen LogP contribution in [0.2, 0.25) is 0 Å². The number of phenolic OH excluding ortho intramolecular Hbond substituents is 1. The SMILES string of the molecule is CC(Nc1cccc(-c2ccccc2)c1O)C1CCCCC1. The highest BCUT2D eigenvalue weighted by Gasteiger charge is 2.21. The van der Waals surface area contributed by atoms with E-state index in [2.05, 4.69) is 12.2 Å². The predicted octanol–water partition coefficient (Wildman–Crippen LogP) is 5.44. The minimum absolute atomic E-state index is 0.358. The monoisotopic (exact) mass is 295 g/mol. The fourth-order valence-corrected chi connectivity index (χ4v) is 3.51. The number of anilines is 1. The van der Waals surface area contributed by atoms with Gasteiger partial charge in [-0.25, -0.2) is 0 Å². The van der Waals surface area contributed by atoms with Gasteiger partial charge in [0.25, 0.3) is 0 Å². The Morgan fingerprint density at radius 3 is 2.41 bits per heavy atom. The van der Waals surface area contributed by atoms with Crippen molar-refractivity contribution in [1.29, 1.82) is 0 Å². The van der Waals surface area contributed by atoms with Crippen molar-refractivity contribution in [2.75, 3.05) is 5.32 Å². The first-order chi connectivity index (χ1) is 10.8. The van der Waals surface area contributed by atoms with Crippen molar-refractivity contribution < 1.29 is 5.11 Å². The molecule has 0 bridgehead atoms. The van der Waals surface area contributed by atoms with Gasteiger partial charge in [0.2, 0.25) is 0 Å². The van der Waals surface area contributed by atoms with Gasteiger partial charge in [0.1, 0.15) is 5.75 Å². The number of rotatable bonds is 4. The molecule has 0 aromatic heterocycles. The van der Waals surface area contributed by atoms with Crippen LogP contribution in [0.1, 0.15) is 39.0 Å². The predicted molar refractivity (Wildman–Crippen MR) is 93.2 cm³/mol. The molecule has 1 unspecified atom stereocenters. The normalized spacial score (nSPS) is 17.1. The van der Waals surface area contributed by atoms with Crippen LogP contribution in [0.5, 0.6) is 5.75 Å². The fraction of sp³-hybridized carbons (Fsp3) is 0.400.